The molecule has 1 saturated heterocycles. The van der Waals surface area contributed by atoms with E-state index in [-0.39, 0.29) is 30.7 Å². The molecule has 2 rings (SSSR count). The van der Waals surface area contributed by atoms with Gasteiger partial charge in [-0.3, -0.25) is 4.79 Å². The first-order valence-corrected chi connectivity index (χ1v) is 7.97. The van der Waals surface area contributed by atoms with E-state index in [1.807, 2.05) is 0 Å². The number of carbonyl (C=O) groups is 1. The molecule has 3 N–H and O–H groups in total. The summed E-state index contributed by atoms with van der Waals surface area (Å²) in [6.45, 7) is 4.24. The lowest BCUT2D eigenvalue weighted by molar-refractivity contribution is -0.122. The molecule has 0 radical (unpaired) electrons. The van der Waals surface area contributed by atoms with Gasteiger partial charge in [-0.05, 0) is 55.5 Å². The third-order valence-corrected chi connectivity index (χ3v) is 4.37. The molecule has 0 saturated carbocycles. The maximum absolute atomic E-state index is 13.1. The van der Waals surface area contributed by atoms with Gasteiger partial charge in [-0.25, -0.2) is 4.39 Å². The summed E-state index contributed by atoms with van der Waals surface area (Å²) in [7, 11) is 0. The van der Waals surface area contributed by atoms with Crippen LogP contribution in [0.2, 0.25) is 0 Å². The summed E-state index contributed by atoms with van der Waals surface area (Å²) in [6, 6.07) is 5.81. The molecule has 1 aromatic rings. The Labute approximate surface area is 143 Å². The van der Waals surface area contributed by atoms with Crippen LogP contribution in [0, 0.1) is 17.7 Å². The highest BCUT2D eigenvalue weighted by atomic mass is 35.5. The zero-order valence-electron chi connectivity index (χ0n) is 13.4. The highest BCUT2D eigenvalue weighted by molar-refractivity contribution is 5.85. The topological polar surface area (TPSA) is 61.4 Å². The van der Waals surface area contributed by atoms with Crippen molar-refractivity contribution in [2.75, 3.05) is 19.6 Å². The van der Waals surface area contributed by atoms with Crippen molar-refractivity contribution in [1.82, 2.24) is 10.6 Å². The van der Waals surface area contributed by atoms with E-state index in [2.05, 4.69) is 17.6 Å². The lowest BCUT2D eigenvalue weighted by Gasteiger charge is -2.28. The molecule has 6 heteroatoms. The second kappa shape index (κ2) is 9.85. The van der Waals surface area contributed by atoms with Gasteiger partial charge in [0.2, 0.25) is 5.91 Å². The Morgan fingerprint density at radius 3 is 2.96 bits per heavy atom. The van der Waals surface area contributed by atoms with E-state index in [1.165, 1.54) is 12.1 Å². The highest BCUT2D eigenvalue weighted by Gasteiger charge is 2.22. The van der Waals surface area contributed by atoms with Crippen LogP contribution in [-0.2, 0) is 4.79 Å². The average molecular weight is 345 g/mol. The van der Waals surface area contributed by atoms with Crippen LogP contribution < -0.4 is 10.6 Å². The monoisotopic (exact) mass is 344 g/mol. The molecule has 0 spiro atoms. The van der Waals surface area contributed by atoms with Crippen LogP contribution in [0.1, 0.15) is 37.9 Å². The van der Waals surface area contributed by atoms with Gasteiger partial charge in [-0.15, -0.1) is 12.4 Å². The van der Waals surface area contributed by atoms with Crippen LogP contribution in [0.15, 0.2) is 24.3 Å². The van der Waals surface area contributed by atoms with Gasteiger partial charge >= 0.3 is 0 Å². The fraction of sp³-hybridized carbons (Fsp3) is 0.588. The number of amides is 1. The Morgan fingerprint density at radius 2 is 2.30 bits per heavy atom. The third-order valence-electron chi connectivity index (χ3n) is 4.37. The zero-order chi connectivity index (χ0) is 15.9. The minimum Gasteiger partial charge on any atom is -0.387 e. The number of rotatable bonds is 6. The van der Waals surface area contributed by atoms with E-state index in [4.69, 9.17) is 0 Å². The normalized spacial score (nSPS) is 20.2. The Bertz CT molecular complexity index is 495. The van der Waals surface area contributed by atoms with Gasteiger partial charge in [0, 0.05) is 13.0 Å². The number of halogens is 2. The number of benzene rings is 1. The molecule has 1 aliphatic rings. The second-order valence-corrected chi connectivity index (χ2v) is 6.16. The Hall–Kier alpha value is -1.17. The summed E-state index contributed by atoms with van der Waals surface area (Å²) in [6.07, 6.45) is 1.90. The van der Waals surface area contributed by atoms with E-state index in [0.29, 0.717) is 23.8 Å². The standard InChI is InChI=1S/C17H25FN2O2.ClH/c1-12(14-5-3-7-19-10-14)8-17(22)20-11-16(21)13-4-2-6-15(18)9-13;/h2,4,6,9,12,14,16,19,21H,3,5,7-8,10-11H2,1H3,(H,20,22);1H. The van der Waals surface area contributed by atoms with Gasteiger partial charge in [-0.2, -0.15) is 0 Å². The number of aliphatic hydroxyl groups excluding tert-OH is 1. The second-order valence-electron chi connectivity index (χ2n) is 6.16. The largest absolute Gasteiger partial charge is 0.387 e. The quantitative estimate of drug-likeness (QED) is 0.742. The van der Waals surface area contributed by atoms with Gasteiger partial charge in [0.05, 0.1) is 6.10 Å². The van der Waals surface area contributed by atoms with Crippen molar-refractivity contribution in [2.24, 2.45) is 11.8 Å². The first-order valence-electron chi connectivity index (χ1n) is 7.97. The van der Waals surface area contributed by atoms with Crippen molar-refractivity contribution in [1.29, 1.82) is 0 Å². The molecule has 1 amide bonds. The van der Waals surface area contributed by atoms with Crippen molar-refractivity contribution in [3.05, 3.63) is 35.6 Å². The van der Waals surface area contributed by atoms with Gasteiger partial charge in [0.1, 0.15) is 5.82 Å². The fourth-order valence-electron chi connectivity index (χ4n) is 2.94. The van der Waals surface area contributed by atoms with Crippen LogP contribution >= 0.6 is 12.4 Å². The highest BCUT2D eigenvalue weighted by Crippen LogP contribution is 2.22. The fourth-order valence-corrected chi connectivity index (χ4v) is 2.94. The number of carbonyl (C=O) groups excluding carboxylic acids is 1. The summed E-state index contributed by atoms with van der Waals surface area (Å²) >= 11 is 0. The molecular weight excluding hydrogens is 319 g/mol. The molecule has 3 unspecified atom stereocenters. The summed E-state index contributed by atoms with van der Waals surface area (Å²) in [4.78, 5) is 12.0. The number of piperidine rings is 1. The third kappa shape index (κ3) is 6.45. The molecular formula is C17H26ClFN2O2. The van der Waals surface area contributed by atoms with Crippen molar-refractivity contribution >= 4 is 18.3 Å². The van der Waals surface area contributed by atoms with Gasteiger partial charge in [0.25, 0.3) is 0 Å². The number of nitrogens with one attached hydrogen (secondary N) is 2. The molecule has 130 valence electrons. The lowest BCUT2D eigenvalue weighted by atomic mass is 9.85. The van der Waals surface area contributed by atoms with E-state index < -0.39 is 6.10 Å². The zero-order valence-corrected chi connectivity index (χ0v) is 14.2. The smallest absolute Gasteiger partial charge is 0.220 e. The van der Waals surface area contributed by atoms with E-state index in [9.17, 15) is 14.3 Å². The average Bonchev–Trinajstić information content (AvgIpc) is 2.53. The maximum Gasteiger partial charge on any atom is 0.220 e. The summed E-state index contributed by atoms with van der Waals surface area (Å²) in [5, 5.41) is 16.1. The Balaban J connectivity index is 0.00000264. The first-order chi connectivity index (χ1) is 10.6. The van der Waals surface area contributed by atoms with Crippen molar-refractivity contribution in [3.63, 3.8) is 0 Å². The molecule has 0 aromatic heterocycles. The molecule has 0 bridgehead atoms. The number of hydrogen-bond acceptors (Lipinski definition) is 3. The van der Waals surface area contributed by atoms with E-state index in [0.717, 1.165) is 25.9 Å². The molecule has 23 heavy (non-hydrogen) atoms. The minimum absolute atomic E-state index is 0. The maximum atomic E-state index is 13.1. The predicted molar refractivity (Wildman–Crippen MR) is 91.0 cm³/mol. The van der Waals surface area contributed by atoms with Gasteiger partial charge < -0.3 is 15.7 Å². The van der Waals surface area contributed by atoms with Crippen LogP contribution in [0.5, 0.6) is 0 Å². The number of hydrogen-bond donors (Lipinski definition) is 3. The van der Waals surface area contributed by atoms with Gasteiger partial charge in [-0.1, -0.05) is 19.1 Å². The molecule has 1 heterocycles. The Morgan fingerprint density at radius 1 is 1.52 bits per heavy atom. The SMILES string of the molecule is CC(CC(=O)NCC(O)c1cccc(F)c1)C1CCCNC1.Cl. The number of aliphatic hydroxyl groups is 1. The molecule has 1 aromatic carbocycles. The summed E-state index contributed by atoms with van der Waals surface area (Å²) in [5.74, 6) is 0.404. The Kier molecular flexibility index (Phi) is 8.52. The van der Waals surface area contributed by atoms with E-state index >= 15 is 0 Å². The first kappa shape index (κ1) is 19.9. The summed E-state index contributed by atoms with van der Waals surface area (Å²) < 4.78 is 13.1. The molecule has 4 nitrogen and oxygen atoms in total. The van der Waals surface area contributed by atoms with Crippen molar-refractivity contribution in [2.45, 2.75) is 32.3 Å². The predicted octanol–water partition coefficient (Wildman–Crippen LogP) is 2.42. The minimum atomic E-state index is -0.883. The van der Waals surface area contributed by atoms with Gasteiger partial charge in [0.15, 0.2) is 0 Å². The van der Waals surface area contributed by atoms with Crippen LogP contribution in [0.25, 0.3) is 0 Å². The van der Waals surface area contributed by atoms with Crippen molar-refractivity contribution < 1.29 is 14.3 Å². The molecule has 3 atom stereocenters. The van der Waals surface area contributed by atoms with Crippen LogP contribution in [0.3, 0.4) is 0 Å². The molecule has 0 aliphatic carbocycles. The van der Waals surface area contributed by atoms with E-state index in [1.54, 1.807) is 12.1 Å². The van der Waals surface area contributed by atoms with Crippen molar-refractivity contribution in [3.8, 4) is 0 Å². The summed E-state index contributed by atoms with van der Waals surface area (Å²) in [5.41, 5.74) is 0.477. The lowest BCUT2D eigenvalue weighted by Crippen LogP contribution is -2.36. The van der Waals surface area contributed by atoms with Crippen LogP contribution in [0.4, 0.5) is 4.39 Å². The molecule has 1 aliphatic heterocycles. The molecule has 1 fully saturated rings. The van der Waals surface area contributed by atoms with Crippen LogP contribution in [-0.4, -0.2) is 30.6 Å².